The summed E-state index contributed by atoms with van der Waals surface area (Å²) >= 11 is 0. The van der Waals surface area contributed by atoms with Crippen LogP contribution in [0.15, 0.2) is 22.6 Å². The van der Waals surface area contributed by atoms with Gasteiger partial charge in [0.25, 0.3) is 5.91 Å². The minimum Gasteiger partial charge on any atom is -0.451 e. The third-order valence-electron chi connectivity index (χ3n) is 5.41. The van der Waals surface area contributed by atoms with E-state index in [-0.39, 0.29) is 17.8 Å². The van der Waals surface area contributed by atoms with Gasteiger partial charge in [-0.2, -0.15) is 0 Å². The molecule has 2 atom stereocenters. The molecule has 4 nitrogen and oxygen atoms in total. The summed E-state index contributed by atoms with van der Waals surface area (Å²) in [7, 11) is 1.85. The topological polar surface area (TPSA) is 45.5 Å². The van der Waals surface area contributed by atoms with Crippen molar-refractivity contribution in [1.29, 1.82) is 0 Å². The lowest BCUT2D eigenvalue weighted by Crippen LogP contribution is -2.48. The second-order valence-electron chi connectivity index (χ2n) is 6.88. The first-order chi connectivity index (χ1) is 11.0. The molecule has 2 unspecified atom stereocenters. The molecule has 3 heterocycles. The summed E-state index contributed by atoms with van der Waals surface area (Å²) in [6.45, 7) is 1.82. The van der Waals surface area contributed by atoms with Crippen LogP contribution in [0, 0.1) is 12.7 Å². The molecule has 0 aliphatic carbocycles. The van der Waals surface area contributed by atoms with Gasteiger partial charge >= 0.3 is 0 Å². The van der Waals surface area contributed by atoms with Crippen molar-refractivity contribution in [3.05, 3.63) is 35.3 Å². The van der Waals surface area contributed by atoms with Gasteiger partial charge in [0.2, 0.25) is 0 Å². The Morgan fingerprint density at radius 1 is 1.30 bits per heavy atom. The SMILES string of the molecule is Cc1c(C(=O)N(C)C2CC3CCC(C2)N3)oc2ccc(F)cc12. The lowest BCUT2D eigenvalue weighted by Gasteiger charge is -2.35. The molecule has 2 aliphatic heterocycles. The van der Waals surface area contributed by atoms with E-state index in [0.29, 0.717) is 34.4 Å². The number of hydrogen-bond donors (Lipinski definition) is 1. The number of carbonyl (C=O) groups excluding carboxylic acids is 1. The predicted molar refractivity (Wildman–Crippen MR) is 86.0 cm³/mol. The maximum absolute atomic E-state index is 13.4. The molecule has 1 aromatic carbocycles. The lowest BCUT2D eigenvalue weighted by atomic mass is 9.98. The average Bonchev–Trinajstić information content (AvgIpc) is 3.05. The van der Waals surface area contributed by atoms with E-state index < -0.39 is 0 Å². The van der Waals surface area contributed by atoms with Gasteiger partial charge in [0, 0.05) is 36.1 Å². The number of furan rings is 1. The van der Waals surface area contributed by atoms with Gasteiger partial charge in [0.15, 0.2) is 5.76 Å². The van der Waals surface area contributed by atoms with E-state index in [1.807, 2.05) is 18.9 Å². The minimum absolute atomic E-state index is 0.106. The first-order valence-corrected chi connectivity index (χ1v) is 8.25. The van der Waals surface area contributed by atoms with Crippen LogP contribution in [0.4, 0.5) is 4.39 Å². The zero-order chi connectivity index (χ0) is 16.1. The van der Waals surface area contributed by atoms with Crippen molar-refractivity contribution < 1.29 is 13.6 Å². The van der Waals surface area contributed by atoms with Crippen LogP contribution in [0.5, 0.6) is 0 Å². The fourth-order valence-corrected chi connectivity index (χ4v) is 4.07. The second kappa shape index (κ2) is 5.34. The van der Waals surface area contributed by atoms with Crippen LogP contribution >= 0.6 is 0 Å². The summed E-state index contributed by atoms with van der Waals surface area (Å²) in [6, 6.07) is 5.66. The van der Waals surface area contributed by atoms with Gasteiger partial charge in [-0.05, 0) is 50.8 Å². The van der Waals surface area contributed by atoms with Crippen LogP contribution in [0.3, 0.4) is 0 Å². The molecule has 2 bridgehead atoms. The van der Waals surface area contributed by atoms with E-state index >= 15 is 0 Å². The molecule has 0 saturated carbocycles. The van der Waals surface area contributed by atoms with Gasteiger partial charge in [-0.25, -0.2) is 4.39 Å². The van der Waals surface area contributed by atoms with Crippen LogP contribution in [-0.4, -0.2) is 36.0 Å². The number of nitrogens with zero attached hydrogens (tertiary/aromatic N) is 1. The number of nitrogens with one attached hydrogen (secondary N) is 1. The normalized spacial score (nSPS) is 26.7. The molecular weight excluding hydrogens is 295 g/mol. The molecule has 2 fully saturated rings. The maximum atomic E-state index is 13.4. The van der Waals surface area contributed by atoms with Crippen LogP contribution in [0.1, 0.15) is 41.8 Å². The molecule has 1 N–H and O–H groups in total. The van der Waals surface area contributed by atoms with Gasteiger partial charge in [-0.1, -0.05) is 0 Å². The molecule has 4 rings (SSSR count). The third-order valence-corrected chi connectivity index (χ3v) is 5.41. The largest absolute Gasteiger partial charge is 0.451 e. The monoisotopic (exact) mass is 316 g/mol. The van der Waals surface area contributed by atoms with Gasteiger partial charge in [-0.15, -0.1) is 0 Å². The Hall–Kier alpha value is -1.88. The fourth-order valence-electron chi connectivity index (χ4n) is 4.07. The number of piperidine rings is 1. The highest BCUT2D eigenvalue weighted by molar-refractivity contribution is 5.99. The third kappa shape index (κ3) is 2.43. The number of hydrogen-bond acceptors (Lipinski definition) is 3. The van der Waals surface area contributed by atoms with Gasteiger partial charge in [0.1, 0.15) is 11.4 Å². The number of carbonyl (C=O) groups is 1. The van der Waals surface area contributed by atoms with Crippen LogP contribution in [0.25, 0.3) is 11.0 Å². The fraction of sp³-hybridized carbons (Fsp3) is 0.500. The Labute approximate surface area is 134 Å². The summed E-state index contributed by atoms with van der Waals surface area (Å²) in [6.07, 6.45) is 4.39. The Kier molecular flexibility index (Phi) is 3.41. The smallest absolute Gasteiger partial charge is 0.289 e. The van der Waals surface area contributed by atoms with E-state index in [4.69, 9.17) is 4.42 Å². The maximum Gasteiger partial charge on any atom is 0.289 e. The lowest BCUT2D eigenvalue weighted by molar-refractivity contribution is 0.0651. The molecular formula is C18H21FN2O2. The van der Waals surface area contributed by atoms with Crippen molar-refractivity contribution in [3.63, 3.8) is 0 Å². The van der Waals surface area contributed by atoms with Crippen molar-refractivity contribution in [2.24, 2.45) is 0 Å². The summed E-state index contributed by atoms with van der Waals surface area (Å²) in [5.41, 5.74) is 1.28. The number of aryl methyl sites for hydroxylation is 1. The molecule has 23 heavy (non-hydrogen) atoms. The molecule has 0 radical (unpaired) electrons. The highest BCUT2D eigenvalue weighted by Gasteiger charge is 2.37. The van der Waals surface area contributed by atoms with Crippen molar-refractivity contribution in [2.45, 2.75) is 50.7 Å². The number of amides is 1. The van der Waals surface area contributed by atoms with Gasteiger partial charge in [0.05, 0.1) is 0 Å². The highest BCUT2D eigenvalue weighted by Crippen LogP contribution is 2.32. The summed E-state index contributed by atoms with van der Waals surface area (Å²) in [5.74, 6) is -0.0897. The highest BCUT2D eigenvalue weighted by atomic mass is 19.1. The molecule has 122 valence electrons. The summed E-state index contributed by atoms with van der Waals surface area (Å²) in [4.78, 5) is 14.7. The minimum atomic E-state index is -0.316. The average molecular weight is 316 g/mol. The molecule has 2 saturated heterocycles. The number of fused-ring (bicyclic) bond motifs is 3. The molecule has 5 heteroatoms. The first-order valence-electron chi connectivity index (χ1n) is 8.25. The van der Waals surface area contributed by atoms with Crippen LogP contribution in [-0.2, 0) is 0 Å². The standard InChI is InChI=1S/C18H21FN2O2/c1-10-15-7-11(19)3-6-16(15)23-17(10)18(22)21(2)14-8-12-4-5-13(9-14)20-12/h3,6-7,12-14,20H,4-5,8-9H2,1-2H3. The molecule has 2 aliphatic rings. The van der Waals surface area contributed by atoms with E-state index in [1.165, 1.54) is 25.0 Å². The number of benzene rings is 1. The van der Waals surface area contributed by atoms with E-state index in [9.17, 15) is 9.18 Å². The Morgan fingerprint density at radius 3 is 2.70 bits per heavy atom. The Morgan fingerprint density at radius 2 is 2.00 bits per heavy atom. The Bertz CT molecular complexity index is 758. The van der Waals surface area contributed by atoms with Gasteiger partial charge in [-0.3, -0.25) is 4.79 Å². The van der Waals surface area contributed by atoms with Crippen molar-refractivity contribution in [3.8, 4) is 0 Å². The molecule has 1 amide bonds. The molecule has 0 spiro atoms. The second-order valence-corrected chi connectivity index (χ2v) is 6.88. The van der Waals surface area contributed by atoms with E-state index in [1.54, 1.807) is 6.07 Å². The van der Waals surface area contributed by atoms with Crippen LogP contribution < -0.4 is 5.32 Å². The quantitative estimate of drug-likeness (QED) is 0.925. The first kappa shape index (κ1) is 14.7. The Balaban J connectivity index is 1.62. The zero-order valence-corrected chi connectivity index (χ0v) is 13.4. The summed E-state index contributed by atoms with van der Waals surface area (Å²) in [5, 5.41) is 4.26. The molecule has 1 aromatic heterocycles. The van der Waals surface area contributed by atoms with Crippen LogP contribution in [0.2, 0.25) is 0 Å². The van der Waals surface area contributed by atoms with Crippen molar-refractivity contribution >= 4 is 16.9 Å². The molecule has 2 aromatic rings. The van der Waals surface area contributed by atoms with E-state index in [2.05, 4.69) is 5.32 Å². The number of rotatable bonds is 2. The summed E-state index contributed by atoms with van der Waals surface area (Å²) < 4.78 is 19.1. The van der Waals surface area contributed by atoms with Crippen molar-refractivity contribution in [2.75, 3.05) is 7.05 Å². The van der Waals surface area contributed by atoms with E-state index in [0.717, 1.165) is 12.8 Å². The predicted octanol–water partition coefficient (Wildman–Crippen LogP) is 3.24. The van der Waals surface area contributed by atoms with Gasteiger partial charge < -0.3 is 14.6 Å². The van der Waals surface area contributed by atoms with Crippen molar-refractivity contribution in [1.82, 2.24) is 10.2 Å². The zero-order valence-electron chi connectivity index (χ0n) is 13.4. The number of halogens is 1.